The lowest BCUT2D eigenvalue weighted by atomic mass is 9.95. The van der Waals surface area contributed by atoms with E-state index in [0.717, 1.165) is 42.7 Å². The second kappa shape index (κ2) is 7.01. The zero-order valence-corrected chi connectivity index (χ0v) is 11.7. The summed E-state index contributed by atoms with van der Waals surface area (Å²) in [4.78, 5) is 2.43. The summed E-state index contributed by atoms with van der Waals surface area (Å²) in [7, 11) is 0. The predicted octanol–water partition coefficient (Wildman–Crippen LogP) is 1.56. The van der Waals surface area contributed by atoms with Gasteiger partial charge in [-0.15, -0.1) is 10.2 Å². The van der Waals surface area contributed by atoms with Gasteiger partial charge in [0.1, 0.15) is 5.01 Å². The Morgan fingerprint density at radius 3 is 3.17 bits per heavy atom. The summed E-state index contributed by atoms with van der Waals surface area (Å²) in [6, 6.07) is 0. The van der Waals surface area contributed by atoms with Crippen LogP contribution in [0, 0.1) is 5.92 Å². The molecule has 1 aromatic heterocycles. The molecule has 1 atom stereocenters. The number of aliphatic hydroxyl groups excluding tert-OH is 1. The van der Waals surface area contributed by atoms with Gasteiger partial charge >= 0.3 is 0 Å². The topological polar surface area (TPSA) is 61.3 Å². The SMILES string of the molecule is CCNc1nnc(CN2CCCC(CCO)C2)s1. The van der Waals surface area contributed by atoms with Crippen LogP contribution in [0.1, 0.15) is 31.2 Å². The van der Waals surface area contributed by atoms with Crippen LogP contribution in [-0.2, 0) is 6.54 Å². The maximum atomic E-state index is 9.01. The van der Waals surface area contributed by atoms with Crippen LogP contribution in [0.15, 0.2) is 0 Å². The minimum absolute atomic E-state index is 0.307. The number of aliphatic hydroxyl groups is 1. The van der Waals surface area contributed by atoms with Gasteiger partial charge < -0.3 is 10.4 Å². The highest BCUT2D eigenvalue weighted by atomic mass is 32.1. The van der Waals surface area contributed by atoms with Crippen LogP contribution in [0.2, 0.25) is 0 Å². The maximum Gasteiger partial charge on any atom is 0.205 e. The van der Waals surface area contributed by atoms with Crippen molar-refractivity contribution in [2.24, 2.45) is 5.92 Å². The minimum Gasteiger partial charge on any atom is -0.396 e. The number of piperidine rings is 1. The van der Waals surface area contributed by atoms with Crippen molar-refractivity contribution in [2.45, 2.75) is 32.7 Å². The molecule has 0 amide bonds. The van der Waals surface area contributed by atoms with E-state index in [1.807, 2.05) is 0 Å². The van der Waals surface area contributed by atoms with Crippen LogP contribution >= 0.6 is 11.3 Å². The maximum absolute atomic E-state index is 9.01. The van der Waals surface area contributed by atoms with Crippen LogP contribution in [-0.4, -0.2) is 46.4 Å². The quantitative estimate of drug-likeness (QED) is 0.821. The lowest BCUT2D eigenvalue weighted by molar-refractivity contribution is 0.142. The standard InChI is InChI=1S/C12H22N4OS/c1-2-13-12-15-14-11(18-12)9-16-6-3-4-10(8-16)5-7-17/h10,17H,2-9H2,1H3,(H,13,15). The second-order valence-electron chi connectivity index (χ2n) is 4.79. The third-order valence-electron chi connectivity index (χ3n) is 3.29. The zero-order chi connectivity index (χ0) is 12.8. The molecule has 0 spiro atoms. The molecule has 6 heteroatoms. The van der Waals surface area contributed by atoms with E-state index in [1.165, 1.54) is 12.8 Å². The number of anilines is 1. The van der Waals surface area contributed by atoms with E-state index < -0.39 is 0 Å². The Labute approximate surface area is 112 Å². The van der Waals surface area contributed by atoms with Crippen LogP contribution in [0.4, 0.5) is 5.13 Å². The number of likely N-dealkylation sites (tertiary alicyclic amines) is 1. The van der Waals surface area contributed by atoms with Crippen molar-refractivity contribution in [2.75, 3.05) is 31.6 Å². The minimum atomic E-state index is 0.307. The Morgan fingerprint density at radius 1 is 1.50 bits per heavy atom. The zero-order valence-electron chi connectivity index (χ0n) is 10.9. The molecular weight excluding hydrogens is 248 g/mol. The van der Waals surface area contributed by atoms with Gasteiger partial charge in [0.25, 0.3) is 0 Å². The number of rotatable bonds is 6. The second-order valence-corrected chi connectivity index (χ2v) is 5.85. The van der Waals surface area contributed by atoms with Crippen LogP contribution in [0.5, 0.6) is 0 Å². The molecule has 0 aliphatic carbocycles. The summed E-state index contributed by atoms with van der Waals surface area (Å²) >= 11 is 1.64. The van der Waals surface area contributed by atoms with E-state index in [-0.39, 0.29) is 0 Å². The van der Waals surface area contributed by atoms with Gasteiger partial charge in [0.05, 0.1) is 6.54 Å². The fourth-order valence-corrected chi connectivity index (χ4v) is 3.29. The molecule has 102 valence electrons. The molecule has 1 aliphatic rings. The van der Waals surface area contributed by atoms with E-state index in [9.17, 15) is 0 Å². The third kappa shape index (κ3) is 3.90. The highest BCUT2D eigenvalue weighted by Crippen LogP contribution is 2.22. The molecule has 18 heavy (non-hydrogen) atoms. The monoisotopic (exact) mass is 270 g/mol. The molecule has 1 unspecified atom stereocenters. The van der Waals surface area contributed by atoms with Gasteiger partial charge in [-0.3, -0.25) is 4.90 Å². The van der Waals surface area contributed by atoms with E-state index in [0.29, 0.717) is 12.5 Å². The molecule has 1 fully saturated rings. The summed E-state index contributed by atoms with van der Waals surface area (Å²) in [6.07, 6.45) is 3.40. The molecule has 1 saturated heterocycles. The van der Waals surface area contributed by atoms with Gasteiger partial charge in [-0.2, -0.15) is 0 Å². The highest BCUT2D eigenvalue weighted by molar-refractivity contribution is 7.15. The van der Waals surface area contributed by atoms with Crippen molar-refractivity contribution in [1.29, 1.82) is 0 Å². The highest BCUT2D eigenvalue weighted by Gasteiger charge is 2.20. The number of nitrogens with zero attached hydrogens (tertiary/aromatic N) is 3. The summed E-state index contributed by atoms with van der Waals surface area (Å²) in [5, 5.41) is 22.5. The lowest BCUT2D eigenvalue weighted by Crippen LogP contribution is -2.35. The fourth-order valence-electron chi connectivity index (χ4n) is 2.44. The van der Waals surface area contributed by atoms with Crippen LogP contribution < -0.4 is 5.32 Å². The lowest BCUT2D eigenvalue weighted by Gasteiger charge is -2.31. The Balaban J connectivity index is 1.84. The first-order chi connectivity index (χ1) is 8.81. The van der Waals surface area contributed by atoms with Crippen molar-refractivity contribution < 1.29 is 5.11 Å². The molecule has 2 heterocycles. The summed E-state index contributed by atoms with van der Waals surface area (Å²) < 4.78 is 0. The van der Waals surface area contributed by atoms with Gasteiger partial charge in [-0.05, 0) is 38.6 Å². The molecule has 0 radical (unpaired) electrons. The van der Waals surface area contributed by atoms with Crippen LogP contribution in [0.25, 0.3) is 0 Å². The Kier molecular flexibility index (Phi) is 5.34. The van der Waals surface area contributed by atoms with Crippen molar-refractivity contribution in [3.8, 4) is 0 Å². The first kappa shape index (κ1) is 13.7. The normalized spacial score (nSPS) is 21.1. The van der Waals surface area contributed by atoms with Gasteiger partial charge in [-0.25, -0.2) is 0 Å². The smallest absolute Gasteiger partial charge is 0.205 e. The average molecular weight is 270 g/mol. The number of hydrogen-bond acceptors (Lipinski definition) is 6. The number of nitrogens with one attached hydrogen (secondary N) is 1. The largest absolute Gasteiger partial charge is 0.396 e. The Bertz CT molecular complexity index is 356. The van der Waals surface area contributed by atoms with Crippen molar-refractivity contribution in [1.82, 2.24) is 15.1 Å². The molecule has 0 aromatic carbocycles. The van der Waals surface area contributed by atoms with Crippen LogP contribution in [0.3, 0.4) is 0 Å². The van der Waals surface area contributed by atoms with Gasteiger partial charge in [0.2, 0.25) is 5.13 Å². The number of aromatic nitrogens is 2. The fraction of sp³-hybridized carbons (Fsp3) is 0.833. The molecule has 2 rings (SSSR count). The van der Waals surface area contributed by atoms with E-state index in [2.05, 4.69) is 27.3 Å². The summed E-state index contributed by atoms with van der Waals surface area (Å²) in [5.74, 6) is 0.643. The van der Waals surface area contributed by atoms with Crippen molar-refractivity contribution >= 4 is 16.5 Å². The predicted molar refractivity (Wildman–Crippen MR) is 73.8 cm³/mol. The van der Waals surface area contributed by atoms with Gasteiger partial charge in [0, 0.05) is 19.7 Å². The van der Waals surface area contributed by atoms with E-state index in [4.69, 9.17) is 5.11 Å². The average Bonchev–Trinajstić information content (AvgIpc) is 2.78. The van der Waals surface area contributed by atoms with Gasteiger partial charge in [-0.1, -0.05) is 11.3 Å². The molecular formula is C12H22N4OS. The molecule has 5 nitrogen and oxygen atoms in total. The van der Waals surface area contributed by atoms with Crippen molar-refractivity contribution in [3.05, 3.63) is 5.01 Å². The Hall–Kier alpha value is -0.720. The summed E-state index contributed by atoms with van der Waals surface area (Å²) in [5.41, 5.74) is 0. The third-order valence-corrected chi connectivity index (χ3v) is 4.16. The molecule has 1 aromatic rings. The Morgan fingerprint density at radius 2 is 2.39 bits per heavy atom. The van der Waals surface area contributed by atoms with E-state index in [1.54, 1.807) is 11.3 Å². The van der Waals surface area contributed by atoms with Crippen molar-refractivity contribution in [3.63, 3.8) is 0 Å². The molecule has 0 saturated carbocycles. The van der Waals surface area contributed by atoms with Gasteiger partial charge in [0.15, 0.2) is 0 Å². The molecule has 2 N–H and O–H groups in total. The molecule has 1 aliphatic heterocycles. The summed E-state index contributed by atoms with van der Waals surface area (Å²) in [6.45, 7) is 6.36. The molecule has 0 bridgehead atoms. The first-order valence-electron chi connectivity index (χ1n) is 6.71. The van der Waals surface area contributed by atoms with E-state index >= 15 is 0 Å². The number of hydrogen-bond donors (Lipinski definition) is 2. The first-order valence-corrected chi connectivity index (χ1v) is 7.53.